The Bertz CT molecular complexity index is 1080. The summed E-state index contributed by atoms with van der Waals surface area (Å²) in [6, 6.07) is 20.2. The van der Waals surface area contributed by atoms with Crippen molar-refractivity contribution in [3.05, 3.63) is 101 Å². The van der Waals surface area contributed by atoms with Gasteiger partial charge in [0.05, 0.1) is 0 Å². The van der Waals surface area contributed by atoms with E-state index in [2.05, 4.69) is 86.7 Å². The minimum Gasteiger partial charge on any atom is -0.0801 e. The highest BCUT2D eigenvalue weighted by Crippen LogP contribution is 2.46. The van der Waals surface area contributed by atoms with E-state index in [0.717, 1.165) is 12.8 Å². The largest absolute Gasteiger partial charge is 0.0801 e. The van der Waals surface area contributed by atoms with E-state index < -0.39 is 0 Å². The highest BCUT2D eigenvalue weighted by atomic mass is 14.3. The van der Waals surface area contributed by atoms with Crippen LogP contribution in [0.1, 0.15) is 34.2 Å². The van der Waals surface area contributed by atoms with Crippen molar-refractivity contribution >= 4 is 5.57 Å². The highest BCUT2D eigenvalue weighted by Gasteiger charge is 2.26. The molecule has 0 radical (unpaired) electrons. The van der Waals surface area contributed by atoms with Crippen molar-refractivity contribution in [1.82, 2.24) is 0 Å². The Morgan fingerprint density at radius 2 is 1.65 bits per heavy atom. The molecule has 5 rings (SSSR count). The molecule has 0 heterocycles. The Morgan fingerprint density at radius 1 is 0.808 bits per heavy atom. The quantitative estimate of drug-likeness (QED) is 0.374. The van der Waals surface area contributed by atoms with Gasteiger partial charge in [0, 0.05) is 0 Å². The molecule has 0 aromatic heterocycles. The number of hydrogen-bond acceptors (Lipinski definition) is 0. The lowest BCUT2D eigenvalue weighted by molar-refractivity contribution is 1.21. The molecule has 26 heavy (non-hydrogen) atoms. The van der Waals surface area contributed by atoms with E-state index in [1.54, 1.807) is 0 Å². The van der Waals surface area contributed by atoms with Gasteiger partial charge in [-0.25, -0.2) is 0 Å². The molecule has 0 aliphatic heterocycles. The standard InChI is InChI=1S/C26H22/c1-17-12-13-22-21(14-17)15-25-24(22)16-23(19-8-4-3-5-9-19)18(2)26(25)20-10-6-7-11-20/h3-10,12-14,16H,11,15H2,1-2H3. The first kappa shape index (κ1) is 15.4. The normalized spacial score (nSPS) is 14.3. The molecule has 126 valence electrons. The third-order valence-corrected chi connectivity index (χ3v) is 5.79. The zero-order valence-corrected chi connectivity index (χ0v) is 15.3. The molecule has 3 aromatic rings. The molecule has 0 atom stereocenters. The van der Waals surface area contributed by atoms with Crippen LogP contribution in [0.3, 0.4) is 0 Å². The fraction of sp³-hybridized carbons (Fsp3) is 0.154. The molecule has 0 amide bonds. The van der Waals surface area contributed by atoms with Gasteiger partial charge in [0.1, 0.15) is 0 Å². The van der Waals surface area contributed by atoms with Gasteiger partial charge in [0.2, 0.25) is 0 Å². The van der Waals surface area contributed by atoms with Gasteiger partial charge in [-0.2, -0.15) is 0 Å². The maximum Gasteiger partial charge on any atom is -0.000719 e. The second-order valence-electron chi connectivity index (χ2n) is 7.48. The molecule has 0 spiro atoms. The minimum absolute atomic E-state index is 1.04. The van der Waals surface area contributed by atoms with Gasteiger partial charge in [-0.05, 0) is 82.8 Å². The maximum absolute atomic E-state index is 2.42. The number of allylic oxidation sites excluding steroid dienone is 4. The van der Waals surface area contributed by atoms with Crippen molar-refractivity contribution in [2.45, 2.75) is 26.7 Å². The van der Waals surface area contributed by atoms with E-state index in [1.807, 2.05) is 0 Å². The smallest absolute Gasteiger partial charge is 0.000719 e. The Labute approximate surface area is 155 Å². The van der Waals surface area contributed by atoms with Crippen LogP contribution in [0.15, 0.2) is 72.8 Å². The van der Waals surface area contributed by atoms with Crippen LogP contribution >= 0.6 is 0 Å². The van der Waals surface area contributed by atoms with Crippen LogP contribution in [-0.4, -0.2) is 0 Å². The zero-order valence-electron chi connectivity index (χ0n) is 15.3. The van der Waals surface area contributed by atoms with Gasteiger partial charge in [0.25, 0.3) is 0 Å². The number of rotatable bonds is 2. The summed E-state index contributed by atoms with van der Waals surface area (Å²) in [4.78, 5) is 0. The molecule has 3 aromatic carbocycles. The van der Waals surface area contributed by atoms with Crippen LogP contribution in [0.2, 0.25) is 0 Å². The molecular formula is C26H22. The topological polar surface area (TPSA) is 0 Å². The third kappa shape index (κ3) is 2.29. The van der Waals surface area contributed by atoms with E-state index in [9.17, 15) is 0 Å². The number of fused-ring (bicyclic) bond motifs is 3. The van der Waals surface area contributed by atoms with Crippen LogP contribution in [0, 0.1) is 13.8 Å². The van der Waals surface area contributed by atoms with Gasteiger partial charge in [-0.1, -0.05) is 72.3 Å². The molecule has 0 saturated heterocycles. The van der Waals surface area contributed by atoms with Crippen LogP contribution < -0.4 is 0 Å². The van der Waals surface area contributed by atoms with Crippen molar-refractivity contribution in [3.63, 3.8) is 0 Å². The first-order valence-electron chi connectivity index (χ1n) is 9.40. The molecule has 2 aliphatic rings. The lowest BCUT2D eigenvalue weighted by Gasteiger charge is -2.18. The van der Waals surface area contributed by atoms with Gasteiger partial charge in [0.15, 0.2) is 0 Å². The summed E-state index contributed by atoms with van der Waals surface area (Å²) in [5, 5.41) is 0. The summed E-state index contributed by atoms with van der Waals surface area (Å²) >= 11 is 0. The van der Waals surface area contributed by atoms with Crippen LogP contribution in [0.5, 0.6) is 0 Å². The summed E-state index contributed by atoms with van der Waals surface area (Å²) in [7, 11) is 0. The molecule has 0 heteroatoms. The Hall–Kier alpha value is -2.86. The van der Waals surface area contributed by atoms with E-state index in [1.165, 1.54) is 55.6 Å². The fourth-order valence-electron chi connectivity index (χ4n) is 4.57. The first-order chi connectivity index (χ1) is 12.7. The van der Waals surface area contributed by atoms with E-state index in [-0.39, 0.29) is 0 Å². The summed E-state index contributed by atoms with van der Waals surface area (Å²) in [5.41, 5.74) is 14.2. The van der Waals surface area contributed by atoms with E-state index >= 15 is 0 Å². The van der Waals surface area contributed by atoms with Crippen LogP contribution in [-0.2, 0) is 6.42 Å². The molecular weight excluding hydrogens is 312 g/mol. The Morgan fingerprint density at radius 3 is 2.42 bits per heavy atom. The number of benzene rings is 3. The summed E-state index contributed by atoms with van der Waals surface area (Å²) < 4.78 is 0. The van der Waals surface area contributed by atoms with Crippen LogP contribution in [0.4, 0.5) is 0 Å². The van der Waals surface area contributed by atoms with Crippen molar-refractivity contribution in [2.24, 2.45) is 0 Å². The average molecular weight is 334 g/mol. The van der Waals surface area contributed by atoms with Crippen LogP contribution in [0.25, 0.3) is 27.8 Å². The molecule has 0 fully saturated rings. The minimum atomic E-state index is 1.04. The lowest BCUT2D eigenvalue weighted by atomic mass is 9.85. The van der Waals surface area contributed by atoms with Crippen molar-refractivity contribution in [1.29, 1.82) is 0 Å². The average Bonchev–Trinajstić information content (AvgIpc) is 3.29. The third-order valence-electron chi connectivity index (χ3n) is 5.79. The van der Waals surface area contributed by atoms with Gasteiger partial charge in [-0.15, -0.1) is 0 Å². The number of aryl methyl sites for hydroxylation is 1. The molecule has 0 saturated carbocycles. The van der Waals surface area contributed by atoms with Gasteiger partial charge >= 0.3 is 0 Å². The molecule has 0 unspecified atom stereocenters. The summed E-state index contributed by atoms with van der Waals surface area (Å²) in [6.07, 6.45) is 8.85. The maximum atomic E-state index is 2.42. The zero-order chi connectivity index (χ0) is 17.7. The molecule has 0 N–H and O–H groups in total. The summed E-state index contributed by atoms with van der Waals surface area (Å²) in [6.45, 7) is 4.49. The predicted octanol–water partition coefficient (Wildman–Crippen LogP) is 6.88. The fourth-order valence-corrected chi connectivity index (χ4v) is 4.57. The monoisotopic (exact) mass is 334 g/mol. The Balaban J connectivity index is 1.81. The van der Waals surface area contributed by atoms with E-state index in [4.69, 9.17) is 0 Å². The molecule has 0 bridgehead atoms. The Kier molecular flexibility index (Phi) is 3.46. The van der Waals surface area contributed by atoms with E-state index in [0.29, 0.717) is 0 Å². The van der Waals surface area contributed by atoms with Crippen molar-refractivity contribution in [2.75, 3.05) is 0 Å². The van der Waals surface area contributed by atoms with Gasteiger partial charge in [-0.3, -0.25) is 0 Å². The second-order valence-corrected chi connectivity index (χ2v) is 7.48. The van der Waals surface area contributed by atoms with Crippen molar-refractivity contribution < 1.29 is 0 Å². The molecule has 0 nitrogen and oxygen atoms in total. The lowest BCUT2D eigenvalue weighted by Crippen LogP contribution is -1.98. The highest BCUT2D eigenvalue weighted by molar-refractivity contribution is 5.91. The second kappa shape index (κ2) is 5.85. The number of hydrogen-bond donors (Lipinski definition) is 0. The SMILES string of the molecule is Cc1ccc2c(c1)Cc1c-2cc(-c2ccccc2)c(C)c1C1=CC=CC1. The first-order valence-corrected chi connectivity index (χ1v) is 9.40. The van der Waals surface area contributed by atoms with Gasteiger partial charge < -0.3 is 0 Å². The predicted molar refractivity (Wildman–Crippen MR) is 111 cm³/mol. The van der Waals surface area contributed by atoms with Crippen molar-refractivity contribution in [3.8, 4) is 22.3 Å². The molecule has 2 aliphatic carbocycles. The summed E-state index contributed by atoms with van der Waals surface area (Å²) in [5.74, 6) is 0.